The van der Waals surface area contributed by atoms with Crippen molar-refractivity contribution in [1.29, 1.82) is 0 Å². The highest BCUT2D eigenvalue weighted by Crippen LogP contribution is 2.28. The molecule has 0 heterocycles. The van der Waals surface area contributed by atoms with Crippen molar-refractivity contribution in [3.05, 3.63) is 24.3 Å². The molecule has 0 bridgehead atoms. The Morgan fingerprint density at radius 1 is 0.708 bits per heavy atom. The summed E-state index contributed by atoms with van der Waals surface area (Å²) in [5.74, 6) is 0.606. The molecule has 0 saturated heterocycles. The molecule has 0 radical (unpaired) electrons. The number of carbonyl (C=O) groups excluding carboxylic acids is 2. The summed E-state index contributed by atoms with van der Waals surface area (Å²) in [6.07, 6.45) is 10.4. The van der Waals surface area contributed by atoms with E-state index in [1.807, 2.05) is 0 Å². The summed E-state index contributed by atoms with van der Waals surface area (Å²) in [5, 5.41) is 0. The first-order chi connectivity index (χ1) is 11.7. The van der Waals surface area contributed by atoms with Crippen LogP contribution in [0, 0.1) is 11.8 Å². The zero-order valence-corrected chi connectivity index (χ0v) is 14.2. The fourth-order valence-corrected chi connectivity index (χ4v) is 3.68. The van der Waals surface area contributed by atoms with Crippen molar-refractivity contribution >= 4 is 11.9 Å². The van der Waals surface area contributed by atoms with Gasteiger partial charge in [-0.05, 0) is 37.8 Å². The van der Waals surface area contributed by atoms with Crippen molar-refractivity contribution < 1.29 is 19.1 Å². The molecule has 4 heteroatoms. The molecule has 24 heavy (non-hydrogen) atoms. The van der Waals surface area contributed by atoms with E-state index >= 15 is 0 Å². The Kier molecular flexibility index (Phi) is 5.89. The zero-order chi connectivity index (χ0) is 16.8. The Balaban J connectivity index is 1.57. The minimum atomic E-state index is -0.162. The maximum atomic E-state index is 12.2. The average Bonchev–Trinajstić information content (AvgIpc) is 2.63. The highest BCUT2D eigenvalue weighted by atomic mass is 16.5. The van der Waals surface area contributed by atoms with E-state index in [1.165, 1.54) is 12.8 Å². The van der Waals surface area contributed by atoms with Crippen LogP contribution in [-0.4, -0.2) is 11.9 Å². The van der Waals surface area contributed by atoms with Crippen LogP contribution in [0.25, 0.3) is 0 Å². The molecule has 0 N–H and O–H groups in total. The van der Waals surface area contributed by atoms with E-state index in [1.54, 1.807) is 24.3 Å². The van der Waals surface area contributed by atoms with E-state index in [2.05, 4.69) is 0 Å². The maximum absolute atomic E-state index is 12.2. The van der Waals surface area contributed by atoms with E-state index in [9.17, 15) is 9.59 Å². The molecule has 2 fully saturated rings. The van der Waals surface area contributed by atoms with Gasteiger partial charge in [0, 0.05) is 6.07 Å². The second kappa shape index (κ2) is 8.32. The number of carbonyl (C=O) groups is 2. The SMILES string of the molecule is O=C(Oc1cccc(OC(=O)C2CCCCC2)c1)C1CCCCC1. The Bertz CT molecular complexity index is 522. The molecule has 2 aliphatic carbocycles. The highest BCUT2D eigenvalue weighted by Gasteiger charge is 2.24. The lowest BCUT2D eigenvalue weighted by atomic mass is 9.89. The summed E-state index contributed by atoms with van der Waals surface area (Å²) >= 11 is 0. The fraction of sp³-hybridized carbons (Fsp3) is 0.600. The van der Waals surface area contributed by atoms with Gasteiger partial charge in [-0.2, -0.15) is 0 Å². The predicted molar refractivity (Wildman–Crippen MR) is 90.9 cm³/mol. The van der Waals surface area contributed by atoms with Gasteiger partial charge in [-0.15, -0.1) is 0 Å². The van der Waals surface area contributed by atoms with Gasteiger partial charge in [0.15, 0.2) is 0 Å². The predicted octanol–water partition coefficient (Wildman–Crippen LogP) is 4.66. The molecule has 0 unspecified atom stereocenters. The van der Waals surface area contributed by atoms with Crippen LogP contribution in [0.3, 0.4) is 0 Å². The van der Waals surface area contributed by atoms with Crippen molar-refractivity contribution in [3.63, 3.8) is 0 Å². The van der Waals surface area contributed by atoms with Crippen LogP contribution >= 0.6 is 0 Å². The Hall–Kier alpha value is -1.84. The zero-order valence-electron chi connectivity index (χ0n) is 14.2. The summed E-state index contributed by atoms with van der Waals surface area (Å²) in [6, 6.07) is 6.87. The summed E-state index contributed by atoms with van der Waals surface area (Å²) < 4.78 is 11.0. The van der Waals surface area contributed by atoms with Gasteiger partial charge in [-0.1, -0.05) is 44.6 Å². The first-order valence-corrected chi connectivity index (χ1v) is 9.26. The van der Waals surface area contributed by atoms with E-state index in [-0.39, 0.29) is 23.8 Å². The van der Waals surface area contributed by atoms with Gasteiger partial charge in [0.1, 0.15) is 11.5 Å². The van der Waals surface area contributed by atoms with Crippen LogP contribution in [0.2, 0.25) is 0 Å². The lowest BCUT2D eigenvalue weighted by Gasteiger charge is -2.20. The molecular formula is C20H26O4. The van der Waals surface area contributed by atoms with E-state index < -0.39 is 0 Å². The number of benzene rings is 1. The van der Waals surface area contributed by atoms with Crippen molar-refractivity contribution in [1.82, 2.24) is 0 Å². The molecule has 0 spiro atoms. The Morgan fingerprint density at radius 3 is 1.54 bits per heavy atom. The van der Waals surface area contributed by atoms with Crippen LogP contribution in [0.1, 0.15) is 64.2 Å². The second-order valence-electron chi connectivity index (χ2n) is 6.99. The molecule has 1 aromatic carbocycles. The summed E-state index contributed by atoms with van der Waals surface area (Å²) in [5.41, 5.74) is 0. The number of hydrogen-bond acceptors (Lipinski definition) is 4. The molecule has 3 rings (SSSR count). The summed E-state index contributed by atoms with van der Waals surface area (Å²) in [7, 11) is 0. The molecule has 1 aromatic rings. The van der Waals surface area contributed by atoms with Crippen molar-refractivity contribution in [2.75, 3.05) is 0 Å². The molecule has 2 aliphatic rings. The molecule has 2 saturated carbocycles. The fourth-order valence-electron chi connectivity index (χ4n) is 3.68. The third-order valence-electron chi connectivity index (χ3n) is 5.12. The Morgan fingerprint density at radius 2 is 1.12 bits per heavy atom. The largest absolute Gasteiger partial charge is 0.426 e. The average molecular weight is 330 g/mol. The minimum Gasteiger partial charge on any atom is -0.426 e. The monoisotopic (exact) mass is 330 g/mol. The van der Waals surface area contributed by atoms with Crippen molar-refractivity contribution in [2.45, 2.75) is 64.2 Å². The van der Waals surface area contributed by atoms with E-state index in [0.29, 0.717) is 11.5 Å². The van der Waals surface area contributed by atoms with Crippen LogP contribution in [0.15, 0.2) is 24.3 Å². The first-order valence-electron chi connectivity index (χ1n) is 9.26. The first kappa shape index (κ1) is 17.0. The number of rotatable bonds is 4. The van der Waals surface area contributed by atoms with Crippen molar-refractivity contribution in [3.8, 4) is 11.5 Å². The van der Waals surface area contributed by atoms with E-state index in [4.69, 9.17) is 9.47 Å². The van der Waals surface area contributed by atoms with Gasteiger partial charge in [-0.25, -0.2) is 0 Å². The van der Waals surface area contributed by atoms with Crippen molar-refractivity contribution in [2.24, 2.45) is 11.8 Å². The van der Waals surface area contributed by atoms with Crippen LogP contribution in [0.4, 0.5) is 0 Å². The maximum Gasteiger partial charge on any atom is 0.314 e. The van der Waals surface area contributed by atoms with Gasteiger partial charge >= 0.3 is 11.9 Å². The molecule has 0 atom stereocenters. The second-order valence-corrected chi connectivity index (χ2v) is 6.99. The Labute approximate surface area is 143 Å². The normalized spacial score (nSPS) is 19.7. The number of ether oxygens (including phenoxy) is 2. The van der Waals surface area contributed by atoms with Gasteiger partial charge < -0.3 is 9.47 Å². The molecular weight excluding hydrogens is 304 g/mol. The third kappa shape index (κ3) is 4.59. The van der Waals surface area contributed by atoms with E-state index in [0.717, 1.165) is 51.4 Å². The molecule has 4 nitrogen and oxygen atoms in total. The summed E-state index contributed by atoms with van der Waals surface area (Å²) in [4.78, 5) is 24.4. The van der Waals surface area contributed by atoms with Gasteiger partial charge in [0.25, 0.3) is 0 Å². The van der Waals surface area contributed by atoms with Crippen LogP contribution < -0.4 is 9.47 Å². The standard InChI is InChI=1S/C20H26O4/c21-19(15-8-3-1-4-9-15)23-17-12-7-13-18(14-17)24-20(22)16-10-5-2-6-11-16/h7,12-16H,1-6,8-11H2. The number of esters is 2. The van der Waals surface area contributed by atoms with Crippen LogP contribution in [0.5, 0.6) is 11.5 Å². The molecule has 0 amide bonds. The minimum absolute atomic E-state index is 0.00666. The molecule has 130 valence electrons. The quantitative estimate of drug-likeness (QED) is 0.595. The van der Waals surface area contributed by atoms with Gasteiger partial charge in [0.05, 0.1) is 11.8 Å². The highest BCUT2D eigenvalue weighted by molar-refractivity contribution is 5.76. The summed E-state index contributed by atoms with van der Waals surface area (Å²) in [6.45, 7) is 0. The lowest BCUT2D eigenvalue weighted by Crippen LogP contribution is -2.23. The van der Waals surface area contributed by atoms with Gasteiger partial charge in [-0.3, -0.25) is 9.59 Å². The topological polar surface area (TPSA) is 52.6 Å². The number of hydrogen-bond donors (Lipinski definition) is 0. The molecule has 0 aromatic heterocycles. The lowest BCUT2D eigenvalue weighted by molar-refractivity contribution is -0.140. The van der Waals surface area contributed by atoms with Gasteiger partial charge in [0.2, 0.25) is 0 Å². The van der Waals surface area contributed by atoms with Crippen LogP contribution in [-0.2, 0) is 9.59 Å². The molecule has 0 aliphatic heterocycles. The third-order valence-corrected chi connectivity index (χ3v) is 5.12. The smallest absolute Gasteiger partial charge is 0.314 e.